The van der Waals surface area contributed by atoms with Crippen molar-refractivity contribution in [3.05, 3.63) is 51.7 Å². The maximum Gasteiger partial charge on any atom is 0.224 e. The van der Waals surface area contributed by atoms with Crippen LogP contribution in [0.5, 0.6) is 0 Å². The summed E-state index contributed by atoms with van der Waals surface area (Å²) in [4.78, 5) is 18.8. The minimum Gasteiger partial charge on any atom is -0.354 e. The van der Waals surface area contributed by atoms with Crippen LogP contribution in [-0.4, -0.2) is 25.0 Å². The smallest absolute Gasteiger partial charge is 0.224 e. The van der Waals surface area contributed by atoms with E-state index in [0.717, 1.165) is 30.1 Å². The number of anilines is 1. The molecule has 1 unspecified atom stereocenters. The van der Waals surface area contributed by atoms with Gasteiger partial charge in [-0.2, -0.15) is 0 Å². The summed E-state index contributed by atoms with van der Waals surface area (Å²) in [6.07, 6.45) is 2.36. The largest absolute Gasteiger partial charge is 0.354 e. The van der Waals surface area contributed by atoms with Crippen LogP contribution in [0.2, 0.25) is 0 Å². The fourth-order valence-electron chi connectivity index (χ4n) is 2.77. The molecule has 1 aromatic heterocycles. The van der Waals surface area contributed by atoms with E-state index in [4.69, 9.17) is 0 Å². The average Bonchev–Trinajstić information content (AvgIpc) is 3.03. The zero-order valence-corrected chi connectivity index (χ0v) is 20.2. The summed E-state index contributed by atoms with van der Waals surface area (Å²) in [6.45, 7) is 6.93. The predicted molar refractivity (Wildman–Crippen MR) is 131 cm³/mol. The maximum absolute atomic E-state index is 11.8. The van der Waals surface area contributed by atoms with Crippen LogP contribution in [0.3, 0.4) is 0 Å². The van der Waals surface area contributed by atoms with E-state index in [-0.39, 0.29) is 35.9 Å². The molecule has 0 fully saturated rings. The van der Waals surface area contributed by atoms with Gasteiger partial charge in [0.25, 0.3) is 0 Å². The van der Waals surface area contributed by atoms with E-state index in [9.17, 15) is 4.79 Å². The molecule has 2 rings (SSSR count). The number of rotatable bonds is 8. The maximum atomic E-state index is 11.8. The third-order valence-corrected chi connectivity index (χ3v) is 5.08. The Morgan fingerprint density at radius 3 is 2.68 bits per heavy atom. The second kappa shape index (κ2) is 12.8. The SMILES string of the molecule is CCCC(=O)Nc1cccc(CNC(=NC)NC(C)Cc2ccc(C)s2)c1.I. The molecular weight excluding hydrogens is 483 g/mol. The van der Waals surface area contributed by atoms with Gasteiger partial charge in [-0.15, -0.1) is 35.3 Å². The first-order valence-electron chi connectivity index (χ1n) is 9.41. The minimum atomic E-state index is 0. The Labute approximate surface area is 189 Å². The van der Waals surface area contributed by atoms with E-state index in [1.54, 1.807) is 7.05 Å². The Bertz CT molecular complexity index is 775. The number of guanidine groups is 1. The number of carbonyl (C=O) groups is 1. The molecule has 0 aliphatic carbocycles. The molecule has 0 aliphatic heterocycles. The van der Waals surface area contributed by atoms with Gasteiger partial charge in [-0.1, -0.05) is 19.1 Å². The molecule has 5 nitrogen and oxygen atoms in total. The first-order valence-corrected chi connectivity index (χ1v) is 10.2. The predicted octanol–water partition coefficient (Wildman–Crippen LogP) is 4.71. The Kier molecular flexibility index (Phi) is 11.1. The van der Waals surface area contributed by atoms with Crippen molar-refractivity contribution < 1.29 is 4.79 Å². The average molecular weight is 514 g/mol. The lowest BCUT2D eigenvalue weighted by Gasteiger charge is -2.17. The molecule has 0 saturated heterocycles. The van der Waals surface area contributed by atoms with Gasteiger partial charge in [-0.05, 0) is 50.1 Å². The number of hydrogen-bond donors (Lipinski definition) is 3. The highest BCUT2D eigenvalue weighted by Crippen LogP contribution is 2.16. The molecular formula is C21H31IN4OS. The first kappa shape index (κ1) is 24.4. The zero-order chi connectivity index (χ0) is 19.6. The molecule has 28 heavy (non-hydrogen) atoms. The fraction of sp³-hybridized carbons (Fsp3) is 0.429. The standard InChI is InChI=1S/C21H30N4OS.HI/c1-5-7-20(26)25-18-9-6-8-17(13-18)14-23-21(22-4)24-15(2)12-19-11-10-16(3)27-19;/h6,8-11,13,15H,5,7,12,14H2,1-4H3,(H,25,26)(H2,22,23,24);1H. The van der Waals surface area contributed by atoms with Crippen molar-refractivity contribution >= 4 is 52.9 Å². The molecule has 0 saturated carbocycles. The highest BCUT2D eigenvalue weighted by molar-refractivity contribution is 14.0. The summed E-state index contributed by atoms with van der Waals surface area (Å²) in [5.41, 5.74) is 1.92. The van der Waals surface area contributed by atoms with Gasteiger partial charge in [-0.3, -0.25) is 9.79 Å². The van der Waals surface area contributed by atoms with Crippen molar-refractivity contribution in [3.63, 3.8) is 0 Å². The van der Waals surface area contributed by atoms with Gasteiger partial charge < -0.3 is 16.0 Å². The number of hydrogen-bond acceptors (Lipinski definition) is 3. The highest BCUT2D eigenvalue weighted by atomic mass is 127. The fourth-order valence-corrected chi connectivity index (χ4v) is 3.79. The number of nitrogens with one attached hydrogen (secondary N) is 3. The number of thiophene rings is 1. The molecule has 1 aromatic carbocycles. The van der Waals surface area contributed by atoms with Gasteiger partial charge >= 0.3 is 0 Å². The topological polar surface area (TPSA) is 65.5 Å². The molecule has 3 N–H and O–H groups in total. The lowest BCUT2D eigenvalue weighted by atomic mass is 10.2. The second-order valence-electron chi connectivity index (χ2n) is 6.69. The van der Waals surface area contributed by atoms with E-state index < -0.39 is 0 Å². The number of nitrogens with zero attached hydrogens (tertiary/aromatic N) is 1. The van der Waals surface area contributed by atoms with E-state index in [1.807, 2.05) is 42.5 Å². The molecule has 0 spiro atoms. The quantitative estimate of drug-likeness (QED) is 0.272. The molecule has 1 amide bonds. The number of benzene rings is 1. The monoisotopic (exact) mass is 514 g/mol. The Hall–Kier alpha value is -1.61. The van der Waals surface area contributed by atoms with E-state index in [2.05, 4.69) is 46.9 Å². The van der Waals surface area contributed by atoms with Crippen molar-refractivity contribution in [3.8, 4) is 0 Å². The summed E-state index contributed by atoms with van der Waals surface area (Å²) < 4.78 is 0. The summed E-state index contributed by atoms with van der Waals surface area (Å²) in [5, 5.41) is 9.71. The summed E-state index contributed by atoms with van der Waals surface area (Å²) in [6, 6.07) is 12.5. The normalized spacial score (nSPS) is 12.1. The van der Waals surface area contributed by atoms with E-state index >= 15 is 0 Å². The van der Waals surface area contributed by atoms with Crippen molar-refractivity contribution in [1.29, 1.82) is 0 Å². The third kappa shape index (κ3) is 8.60. The van der Waals surface area contributed by atoms with Gasteiger partial charge in [0.15, 0.2) is 5.96 Å². The van der Waals surface area contributed by atoms with Gasteiger partial charge in [-0.25, -0.2) is 0 Å². The van der Waals surface area contributed by atoms with E-state index in [0.29, 0.717) is 13.0 Å². The molecule has 1 heterocycles. The summed E-state index contributed by atoms with van der Waals surface area (Å²) in [7, 11) is 1.78. The summed E-state index contributed by atoms with van der Waals surface area (Å²) in [5.74, 6) is 0.828. The van der Waals surface area contributed by atoms with Gasteiger partial charge in [0.1, 0.15) is 0 Å². The number of aryl methyl sites for hydroxylation is 1. The third-order valence-electron chi connectivity index (χ3n) is 4.06. The molecule has 154 valence electrons. The van der Waals surface area contributed by atoms with Gasteiger partial charge in [0, 0.05) is 47.9 Å². The highest BCUT2D eigenvalue weighted by Gasteiger charge is 2.08. The molecule has 7 heteroatoms. The van der Waals surface area contributed by atoms with E-state index in [1.165, 1.54) is 9.75 Å². The van der Waals surface area contributed by atoms with Crippen LogP contribution >= 0.6 is 35.3 Å². The van der Waals surface area contributed by atoms with Crippen molar-refractivity contribution in [2.24, 2.45) is 4.99 Å². The van der Waals surface area contributed by atoms with Crippen LogP contribution in [0, 0.1) is 6.92 Å². The zero-order valence-electron chi connectivity index (χ0n) is 17.0. The van der Waals surface area contributed by atoms with Crippen LogP contribution in [-0.2, 0) is 17.8 Å². The Morgan fingerprint density at radius 2 is 2.04 bits per heavy atom. The summed E-state index contributed by atoms with van der Waals surface area (Å²) >= 11 is 1.84. The number of amides is 1. The molecule has 1 atom stereocenters. The molecule has 2 aromatic rings. The van der Waals surface area contributed by atoms with Crippen LogP contribution in [0.1, 0.15) is 42.0 Å². The minimum absolute atomic E-state index is 0. The number of halogens is 1. The van der Waals surface area contributed by atoms with Crippen molar-refractivity contribution in [2.45, 2.75) is 52.6 Å². The van der Waals surface area contributed by atoms with Crippen LogP contribution in [0.15, 0.2) is 41.4 Å². The van der Waals surface area contributed by atoms with Crippen LogP contribution in [0.4, 0.5) is 5.69 Å². The van der Waals surface area contributed by atoms with Gasteiger partial charge in [0.05, 0.1) is 0 Å². The molecule has 0 aliphatic rings. The van der Waals surface area contributed by atoms with Crippen molar-refractivity contribution in [1.82, 2.24) is 10.6 Å². The van der Waals surface area contributed by atoms with Crippen LogP contribution in [0.25, 0.3) is 0 Å². The van der Waals surface area contributed by atoms with Gasteiger partial charge in [0.2, 0.25) is 5.91 Å². The lowest BCUT2D eigenvalue weighted by molar-refractivity contribution is -0.116. The van der Waals surface area contributed by atoms with Crippen molar-refractivity contribution in [2.75, 3.05) is 12.4 Å². The molecule has 0 radical (unpaired) electrons. The first-order chi connectivity index (χ1) is 13.0. The molecule has 0 bridgehead atoms. The number of carbonyl (C=O) groups excluding carboxylic acids is 1. The lowest BCUT2D eigenvalue weighted by Crippen LogP contribution is -2.42. The second-order valence-corrected chi connectivity index (χ2v) is 8.06. The Morgan fingerprint density at radius 1 is 1.25 bits per heavy atom. The number of aliphatic imine (C=N–C) groups is 1. The Balaban J connectivity index is 0.00000392. The van der Waals surface area contributed by atoms with Crippen LogP contribution < -0.4 is 16.0 Å².